The molecular weight excluding hydrogens is 558 g/mol. The van der Waals surface area contributed by atoms with Crippen LogP contribution < -0.4 is 0 Å². The van der Waals surface area contributed by atoms with Crippen molar-refractivity contribution in [2.45, 2.75) is 219 Å². The van der Waals surface area contributed by atoms with Gasteiger partial charge in [0.15, 0.2) is 0 Å². The summed E-state index contributed by atoms with van der Waals surface area (Å²) >= 11 is 0. The maximum absolute atomic E-state index is 12.7. The largest absolute Gasteiger partial charge is 0.395 e. The van der Waals surface area contributed by atoms with E-state index >= 15 is 0 Å². The van der Waals surface area contributed by atoms with Crippen molar-refractivity contribution in [3.63, 3.8) is 0 Å². The third kappa shape index (κ3) is 34.5. The summed E-state index contributed by atoms with van der Waals surface area (Å²) in [6.07, 6.45) is 39.7. The van der Waals surface area contributed by atoms with Crippen LogP contribution in [0.25, 0.3) is 0 Å². The Morgan fingerprint density at radius 2 is 0.867 bits per heavy atom. The van der Waals surface area contributed by atoms with Crippen molar-refractivity contribution in [2.24, 2.45) is 0 Å². The van der Waals surface area contributed by atoms with Gasteiger partial charge in [-0.05, 0) is 12.8 Å². The van der Waals surface area contributed by atoms with Gasteiger partial charge in [-0.3, -0.25) is 4.79 Å². The molecule has 0 heterocycles. The maximum Gasteiger partial charge on any atom is 0.222 e. The Morgan fingerprint density at radius 1 is 0.533 bits per heavy atom. The van der Waals surface area contributed by atoms with Gasteiger partial charge >= 0.3 is 0 Å². The molecule has 45 heavy (non-hydrogen) atoms. The zero-order valence-corrected chi connectivity index (χ0v) is 30.7. The summed E-state index contributed by atoms with van der Waals surface area (Å²) in [5.41, 5.74) is 0. The molecule has 5 heteroatoms. The average molecular weight is 640 g/mol. The second kappa shape index (κ2) is 37.8. The predicted molar refractivity (Wildman–Crippen MR) is 195 cm³/mol. The molecule has 0 fully saturated rings. The SMILES string of the molecule is CCCCCCCCCCCCCCCCCCCOCC(O)CN(CCO)C(=O)CCCCCCCCCCCCCCC. The Labute approximate surface area is 282 Å². The normalized spacial score (nSPS) is 12.2. The van der Waals surface area contributed by atoms with Crippen molar-refractivity contribution in [1.82, 2.24) is 4.90 Å². The Hall–Kier alpha value is -0.650. The zero-order chi connectivity index (χ0) is 32.9. The molecule has 0 saturated heterocycles. The fraction of sp³-hybridized carbons (Fsp3) is 0.975. The summed E-state index contributed by atoms with van der Waals surface area (Å²) in [5, 5.41) is 19.8. The van der Waals surface area contributed by atoms with Gasteiger partial charge in [0.25, 0.3) is 0 Å². The summed E-state index contributed by atoms with van der Waals surface area (Å²) in [7, 11) is 0. The highest BCUT2D eigenvalue weighted by atomic mass is 16.5. The second-order valence-electron chi connectivity index (χ2n) is 13.9. The van der Waals surface area contributed by atoms with E-state index in [1.165, 1.54) is 173 Å². The second-order valence-corrected chi connectivity index (χ2v) is 13.9. The summed E-state index contributed by atoms with van der Waals surface area (Å²) in [5.74, 6) is 0.0411. The molecule has 0 spiro atoms. The molecule has 0 bridgehead atoms. The van der Waals surface area contributed by atoms with Crippen LogP contribution in [0.4, 0.5) is 0 Å². The molecule has 1 atom stereocenters. The topological polar surface area (TPSA) is 70.0 Å². The smallest absolute Gasteiger partial charge is 0.222 e. The molecule has 1 unspecified atom stereocenters. The number of nitrogens with zero attached hydrogens (tertiary/aromatic N) is 1. The molecule has 0 aromatic rings. The van der Waals surface area contributed by atoms with E-state index in [4.69, 9.17) is 4.74 Å². The summed E-state index contributed by atoms with van der Waals surface area (Å²) in [6, 6.07) is 0. The lowest BCUT2D eigenvalue weighted by Crippen LogP contribution is -2.40. The number of unbranched alkanes of at least 4 members (excludes halogenated alkanes) is 28. The zero-order valence-electron chi connectivity index (χ0n) is 30.7. The molecular formula is C40H81NO4. The van der Waals surface area contributed by atoms with Crippen LogP contribution in [-0.4, -0.2) is 60.0 Å². The van der Waals surface area contributed by atoms with E-state index in [1.807, 2.05) is 0 Å². The Morgan fingerprint density at radius 3 is 1.22 bits per heavy atom. The van der Waals surface area contributed by atoms with E-state index in [0.29, 0.717) is 13.0 Å². The minimum absolute atomic E-state index is 0.0411. The fourth-order valence-corrected chi connectivity index (χ4v) is 6.35. The van der Waals surface area contributed by atoms with Crippen LogP contribution in [0.5, 0.6) is 0 Å². The highest BCUT2D eigenvalue weighted by Gasteiger charge is 2.17. The van der Waals surface area contributed by atoms with Gasteiger partial charge in [0.1, 0.15) is 0 Å². The van der Waals surface area contributed by atoms with E-state index in [1.54, 1.807) is 4.90 Å². The molecule has 0 aliphatic rings. The molecule has 0 saturated carbocycles. The number of hydrogen-bond acceptors (Lipinski definition) is 4. The number of ether oxygens (including phenoxy) is 1. The highest BCUT2D eigenvalue weighted by molar-refractivity contribution is 5.76. The molecule has 2 N–H and O–H groups in total. The van der Waals surface area contributed by atoms with Gasteiger partial charge in [-0.25, -0.2) is 0 Å². The van der Waals surface area contributed by atoms with Crippen molar-refractivity contribution in [3.8, 4) is 0 Å². The van der Waals surface area contributed by atoms with E-state index < -0.39 is 6.10 Å². The first kappa shape index (κ1) is 44.4. The number of aliphatic hydroxyl groups excluding tert-OH is 2. The van der Waals surface area contributed by atoms with Gasteiger partial charge in [-0.15, -0.1) is 0 Å². The monoisotopic (exact) mass is 640 g/mol. The first-order chi connectivity index (χ1) is 22.2. The number of rotatable bonds is 38. The predicted octanol–water partition coefficient (Wildman–Crippen LogP) is 11.3. The molecule has 0 aliphatic heterocycles. The summed E-state index contributed by atoms with van der Waals surface area (Å²) in [4.78, 5) is 14.3. The van der Waals surface area contributed by atoms with Gasteiger partial charge in [0.2, 0.25) is 5.91 Å². The Bertz CT molecular complexity index is 572. The first-order valence-electron chi connectivity index (χ1n) is 20.3. The lowest BCUT2D eigenvalue weighted by Gasteiger charge is -2.24. The van der Waals surface area contributed by atoms with Gasteiger partial charge in [-0.1, -0.05) is 194 Å². The quantitative estimate of drug-likeness (QED) is 0.0659. The third-order valence-corrected chi connectivity index (χ3v) is 9.35. The van der Waals surface area contributed by atoms with Gasteiger partial charge < -0.3 is 19.8 Å². The van der Waals surface area contributed by atoms with Gasteiger partial charge in [0.05, 0.1) is 19.3 Å². The molecule has 0 rings (SSSR count). The average Bonchev–Trinajstić information content (AvgIpc) is 3.04. The molecule has 0 aliphatic carbocycles. The standard InChI is InChI=1S/C40H81NO4/c1-3-5-7-9-11-13-15-17-18-19-20-22-24-26-28-30-32-36-45-38-39(43)37-41(34-35-42)40(44)33-31-29-27-25-23-21-16-14-12-10-8-6-4-2/h39,42-43H,3-38H2,1-2H3. The van der Waals surface area contributed by atoms with Crippen molar-refractivity contribution in [2.75, 3.05) is 32.9 Å². The summed E-state index contributed by atoms with van der Waals surface area (Å²) in [6.45, 7) is 5.94. The van der Waals surface area contributed by atoms with Crippen LogP contribution in [0, 0.1) is 0 Å². The van der Waals surface area contributed by atoms with E-state index in [2.05, 4.69) is 13.8 Å². The number of amides is 1. The van der Waals surface area contributed by atoms with Crippen molar-refractivity contribution < 1.29 is 19.7 Å². The van der Waals surface area contributed by atoms with Crippen molar-refractivity contribution in [3.05, 3.63) is 0 Å². The van der Waals surface area contributed by atoms with E-state index in [0.717, 1.165) is 19.3 Å². The third-order valence-electron chi connectivity index (χ3n) is 9.35. The minimum atomic E-state index is -0.696. The highest BCUT2D eigenvalue weighted by Crippen LogP contribution is 2.15. The maximum atomic E-state index is 12.7. The number of carbonyl (C=O) groups is 1. The van der Waals surface area contributed by atoms with Crippen LogP contribution in [0.3, 0.4) is 0 Å². The van der Waals surface area contributed by atoms with Crippen LogP contribution in [0.2, 0.25) is 0 Å². The lowest BCUT2D eigenvalue weighted by atomic mass is 10.0. The molecule has 5 nitrogen and oxygen atoms in total. The first-order valence-corrected chi connectivity index (χ1v) is 20.3. The molecule has 270 valence electrons. The van der Waals surface area contributed by atoms with Crippen LogP contribution >= 0.6 is 0 Å². The van der Waals surface area contributed by atoms with E-state index in [-0.39, 0.29) is 32.2 Å². The summed E-state index contributed by atoms with van der Waals surface area (Å²) < 4.78 is 5.71. The fourth-order valence-electron chi connectivity index (χ4n) is 6.35. The van der Waals surface area contributed by atoms with E-state index in [9.17, 15) is 15.0 Å². The Balaban J connectivity index is 3.57. The molecule has 1 amide bonds. The Kier molecular flexibility index (Phi) is 37.3. The minimum Gasteiger partial charge on any atom is -0.395 e. The van der Waals surface area contributed by atoms with Crippen LogP contribution in [-0.2, 0) is 9.53 Å². The number of carbonyl (C=O) groups excluding carboxylic acids is 1. The van der Waals surface area contributed by atoms with Gasteiger partial charge in [0, 0.05) is 26.1 Å². The van der Waals surface area contributed by atoms with Crippen molar-refractivity contribution in [1.29, 1.82) is 0 Å². The van der Waals surface area contributed by atoms with Gasteiger partial charge in [-0.2, -0.15) is 0 Å². The molecule has 0 aromatic carbocycles. The van der Waals surface area contributed by atoms with Crippen LogP contribution in [0.15, 0.2) is 0 Å². The van der Waals surface area contributed by atoms with Crippen molar-refractivity contribution >= 4 is 5.91 Å². The lowest BCUT2D eigenvalue weighted by molar-refractivity contribution is -0.134. The van der Waals surface area contributed by atoms with Crippen LogP contribution in [0.1, 0.15) is 213 Å². The molecule has 0 radical (unpaired) electrons. The molecule has 0 aromatic heterocycles. The number of aliphatic hydroxyl groups is 2. The number of hydrogen-bond donors (Lipinski definition) is 2.